The fourth-order valence-corrected chi connectivity index (χ4v) is 2.76. The lowest BCUT2D eigenvalue weighted by atomic mass is 10.1. The summed E-state index contributed by atoms with van der Waals surface area (Å²) in [6.45, 7) is 2.01. The van der Waals surface area contributed by atoms with Gasteiger partial charge >= 0.3 is 0 Å². The third-order valence-corrected chi connectivity index (χ3v) is 3.91. The smallest absolute Gasteiger partial charge is 0.0626 e. The number of nitrogens with zero attached hydrogens (tertiary/aromatic N) is 4. The van der Waals surface area contributed by atoms with E-state index in [1.54, 1.807) is 21.1 Å². The highest BCUT2D eigenvalue weighted by molar-refractivity contribution is 7.99. The van der Waals surface area contributed by atoms with E-state index < -0.39 is 0 Å². The van der Waals surface area contributed by atoms with Gasteiger partial charge in [-0.05, 0) is 6.92 Å². The molecule has 2 aromatic heterocycles. The van der Waals surface area contributed by atoms with Crippen molar-refractivity contribution in [3.8, 4) is 0 Å². The van der Waals surface area contributed by atoms with Gasteiger partial charge in [-0.25, -0.2) is 0 Å². The molecule has 0 amide bonds. The van der Waals surface area contributed by atoms with Crippen LogP contribution in [0.2, 0.25) is 0 Å². The molecule has 0 saturated heterocycles. The van der Waals surface area contributed by atoms with Crippen LogP contribution in [0.25, 0.3) is 0 Å². The Labute approximate surface area is 105 Å². The lowest BCUT2D eigenvalue weighted by molar-refractivity contribution is 0.718. The molecule has 2 heterocycles. The molecule has 2 atom stereocenters. The van der Waals surface area contributed by atoms with Crippen molar-refractivity contribution in [2.75, 3.05) is 0 Å². The molecule has 0 fully saturated rings. The maximum Gasteiger partial charge on any atom is 0.0626 e. The van der Waals surface area contributed by atoms with Gasteiger partial charge in [0.25, 0.3) is 0 Å². The van der Waals surface area contributed by atoms with E-state index in [0.29, 0.717) is 0 Å². The molecule has 0 aliphatic carbocycles. The van der Waals surface area contributed by atoms with E-state index in [-0.39, 0.29) is 11.3 Å². The molecule has 0 radical (unpaired) electrons. The monoisotopic (exact) mass is 251 g/mol. The summed E-state index contributed by atoms with van der Waals surface area (Å²) < 4.78 is 3.60. The maximum atomic E-state index is 6.05. The number of aryl methyl sites for hydroxylation is 2. The first-order chi connectivity index (χ1) is 8.06. The van der Waals surface area contributed by atoms with Crippen LogP contribution in [0.3, 0.4) is 0 Å². The van der Waals surface area contributed by atoms with Crippen molar-refractivity contribution in [2.45, 2.75) is 23.1 Å². The van der Waals surface area contributed by atoms with Crippen LogP contribution in [-0.4, -0.2) is 25.6 Å². The highest BCUT2D eigenvalue weighted by Crippen LogP contribution is 2.36. The minimum absolute atomic E-state index is 0.0596. The third-order valence-electron chi connectivity index (χ3n) is 2.48. The first kappa shape index (κ1) is 12.2. The second-order valence-electron chi connectivity index (χ2n) is 4.19. The second kappa shape index (κ2) is 4.93. The number of hydrogen-bond donors (Lipinski definition) is 1. The van der Waals surface area contributed by atoms with Crippen LogP contribution >= 0.6 is 11.8 Å². The molecule has 0 aromatic carbocycles. The highest BCUT2D eigenvalue weighted by atomic mass is 32.2. The standard InChI is InChI=1S/C11H17N5S/c1-8(12)11(9-4-13-15(2)6-9)17-10-5-14-16(3)7-10/h4-8,11H,12H2,1-3H3. The molecule has 0 spiro atoms. The maximum absolute atomic E-state index is 6.05. The Morgan fingerprint density at radius 2 is 1.82 bits per heavy atom. The molecular formula is C11H17N5S. The average Bonchev–Trinajstić information content (AvgIpc) is 2.83. The van der Waals surface area contributed by atoms with E-state index in [4.69, 9.17) is 5.73 Å². The van der Waals surface area contributed by atoms with Crippen LogP contribution in [0.1, 0.15) is 17.7 Å². The summed E-state index contributed by atoms with van der Waals surface area (Å²) in [7, 11) is 3.82. The molecule has 0 aliphatic heterocycles. The van der Waals surface area contributed by atoms with Crippen molar-refractivity contribution in [3.05, 3.63) is 30.4 Å². The van der Waals surface area contributed by atoms with Gasteiger partial charge in [0.2, 0.25) is 0 Å². The van der Waals surface area contributed by atoms with E-state index in [9.17, 15) is 0 Å². The predicted molar refractivity (Wildman–Crippen MR) is 68.7 cm³/mol. The Morgan fingerprint density at radius 3 is 2.29 bits per heavy atom. The van der Waals surface area contributed by atoms with Gasteiger partial charge in [0.1, 0.15) is 0 Å². The van der Waals surface area contributed by atoms with Gasteiger partial charge in [-0.15, -0.1) is 11.8 Å². The number of rotatable bonds is 4. The first-order valence-electron chi connectivity index (χ1n) is 5.45. The number of nitrogens with two attached hydrogens (primary N) is 1. The molecule has 6 heteroatoms. The molecule has 17 heavy (non-hydrogen) atoms. The van der Waals surface area contributed by atoms with Crippen molar-refractivity contribution in [1.82, 2.24) is 19.6 Å². The van der Waals surface area contributed by atoms with Crippen molar-refractivity contribution in [1.29, 1.82) is 0 Å². The zero-order valence-electron chi connectivity index (χ0n) is 10.2. The Morgan fingerprint density at radius 1 is 1.18 bits per heavy atom. The van der Waals surface area contributed by atoms with Crippen molar-refractivity contribution in [2.24, 2.45) is 19.8 Å². The van der Waals surface area contributed by atoms with E-state index >= 15 is 0 Å². The molecule has 2 aromatic rings. The average molecular weight is 251 g/mol. The lowest BCUT2D eigenvalue weighted by Crippen LogP contribution is -2.22. The Hall–Kier alpha value is -1.27. The fraction of sp³-hybridized carbons (Fsp3) is 0.455. The van der Waals surface area contributed by atoms with Crippen LogP contribution in [0.5, 0.6) is 0 Å². The van der Waals surface area contributed by atoms with E-state index in [0.717, 1.165) is 10.5 Å². The number of thioether (sulfide) groups is 1. The second-order valence-corrected chi connectivity index (χ2v) is 5.41. The molecule has 2 unspecified atom stereocenters. The van der Waals surface area contributed by atoms with Gasteiger partial charge in [0.15, 0.2) is 0 Å². The van der Waals surface area contributed by atoms with Crippen LogP contribution in [0, 0.1) is 0 Å². The van der Waals surface area contributed by atoms with Crippen molar-refractivity contribution >= 4 is 11.8 Å². The molecule has 0 aliphatic rings. The normalized spacial score (nSPS) is 14.8. The molecule has 0 saturated carbocycles. The lowest BCUT2D eigenvalue weighted by Gasteiger charge is -2.17. The zero-order chi connectivity index (χ0) is 12.4. The molecular weight excluding hydrogens is 234 g/mol. The zero-order valence-corrected chi connectivity index (χ0v) is 11.1. The summed E-state index contributed by atoms with van der Waals surface area (Å²) in [6.07, 6.45) is 7.74. The first-order valence-corrected chi connectivity index (χ1v) is 6.33. The summed E-state index contributed by atoms with van der Waals surface area (Å²) in [5, 5.41) is 8.56. The summed E-state index contributed by atoms with van der Waals surface area (Å²) in [4.78, 5) is 1.12. The summed E-state index contributed by atoms with van der Waals surface area (Å²) >= 11 is 1.72. The van der Waals surface area contributed by atoms with Gasteiger partial charge in [-0.1, -0.05) is 0 Å². The summed E-state index contributed by atoms with van der Waals surface area (Å²) in [5.74, 6) is 0. The number of hydrogen-bond acceptors (Lipinski definition) is 4. The minimum Gasteiger partial charge on any atom is -0.327 e. The quantitative estimate of drug-likeness (QED) is 0.833. The van der Waals surface area contributed by atoms with Gasteiger partial charge < -0.3 is 5.73 Å². The fourth-order valence-electron chi connectivity index (χ4n) is 1.67. The number of aromatic nitrogens is 4. The van der Waals surface area contributed by atoms with Gasteiger partial charge in [0.05, 0.1) is 17.6 Å². The van der Waals surface area contributed by atoms with E-state index in [2.05, 4.69) is 10.2 Å². The van der Waals surface area contributed by atoms with Gasteiger partial charge in [-0.3, -0.25) is 9.36 Å². The molecule has 2 N–H and O–H groups in total. The van der Waals surface area contributed by atoms with E-state index in [1.807, 2.05) is 45.8 Å². The Balaban J connectivity index is 2.18. The largest absolute Gasteiger partial charge is 0.327 e. The molecule has 5 nitrogen and oxygen atoms in total. The topological polar surface area (TPSA) is 61.7 Å². The van der Waals surface area contributed by atoms with Crippen molar-refractivity contribution in [3.63, 3.8) is 0 Å². The Kier molecular flexibility index (Phi) is 3.54. The third kappa shape index (κ3) is 2.89. The van der Waals surface area contributed by atoms with Gasteiger partial charge in [0, 0.05) is 43.0 Å². The molecule has 2 rings (SSSR count). The minimum atomic E-state index is 0.0596. The van der Waals surface area contributed by atoms with Gasteiger partial charge in [-0.2, -0.15) is 10.2 Å². The summed E-state index contributed by atoms with van der Waals surface area (Å²) in [5.41, 5.74) is 7.20. The summed E-state index contributed by atoms with van der Waals surface area (Å²) in [6, 6.07) is 0.0596. The van der Waals surface area contributed by atoms with Crippen LogP contribution in [0.4, 0.5) is 0 Å². The van der Waals surface area contributed by atoms with Crippen LogP contribution in [0.15, 0.2) is 29.7 Å². The van der Waals surface area contributed by atoms with Crippen LogP contribution < -0.4 is 5.73 Å². The van der Waals surface area contributed by atoms with E-state index in [1.165, 1.54) is 0 Å². The van der Waals surface area contributed by atoms with Crippen LogP contribution in [-0.2, 0) is 14.1 Å². The predicted octanol–water partition coefficient (Wildman–Crippen LogP) is 1.33. The van der Waals surface area contributed by atoms with Crippen molar-refractivity contribution < 1.29 is 0 Å². The highest BCUT2D eigenvalue weighted by Gasteiger charge is 2.19. The SMILES string of the molecule is CC(N)C(Sc1cnn(C)c1)c1cnn(C)c1. The molecule has 92 valence electrons. The Bertz CT molecular complexity index is 488. The molecule has 0 bridgehead atoms.